The second-order valence-corrected chi connectivity index (χ2v) is 7.94. The van der Waals surface area contributed by atoms with E-state index < -0.39 is 23.5 Å². The van der Waals surface area contributed by atoms with Crippen LogP contribution in [0.5, 0.6) is 0 Å². The van der Waals surface area contributed by atoms with E-state index in [2.05, 4.69) is 0 Å². The summed E-state index contributed by atoms with van der Waals surface area (Å²) in [6.45, 7) is 0. The largest absolute Gasteiger partial charge is 0.481 e. The highest BCUT2D eigenvalue weighted by Gasteiger charge is 2.33. The molecule has 0 heterocycles. The lowest BCUT2D eigenvalue weighted by Crippen LogP contribution is -2.13. The predicted octanol–water partition coefficient (Wildman–Crippen LogP) is 6.12. The van der Waals surface area contributed by atoms with Crippen molar-refractivity contribution in [2.24, 2.45) is 11.8 Å². The van der Waals surface area contributed by atoms with Gasteiger partial charge in [0.1, 0.15) is 5.78 Å². The number of rotatable bonds is 10. The first kappa shape index (κ1) is 24.1. The summed E-state index contributed by atoms with van der Waals surface area (Å²) < 4.78 is 38.7. The Morgan fingerprint density at radius 2 is 1.87 bits per heavy atom. The molecule has 30 heavy (non-hydrogen) atoms. The van der Waals surface area contributed by atoms with Gasteiger partial charge in [0.15, 0.2) is 5.78 Å². The molecule has 0 saturated heterocycles. The van der Waals surface area contributed by atoms with Crippen LogP contribution in [0.4, 0.5) is 13.2 Å². The zero-order valence-corrected chi connectivity index (χ0v) is 17.1. The number of carboxylic acid groups (broad SMARTS) is 1. The van der Waals surface area contributed by atoms with E-state index in [1.807, 2.05) is 0 Å². The molecule has 1 saturated carbocycles. The first-order valence-corrected chi connectivity index (χ1v) is 10.3. The maximum atomic E-state index is 12.9. The lowest BCUT2D eigenvalue weighted by molar-refractivity contribution is -0.138. The molecule has 1 aromatic rings. The normalized spacial score (nSPS) is 19.5. The van der Waals surface area contributed by atoms with Gasteiger partial charge in [-0.1, -0.05) is 36.9 Å². The topological polar surface area (TPSA) is 71.4 Å². The van der Waals surface area contributed by atoms with Gasteiger partial charge in [0, 0.05) is 24.3 Å². The maximum Gasteiger partial charge on any atom is 0.416 e. The molecule has 0 aromatic heterocycles. The molecular formula is C22H24ClF3O4. The van der Waals surface area contributed by atoms with Gasteiger partial charge >= 0.3 is 12.1 Å². The number of halogens is 4. The standard InChI is InChI=1S/C22H24ClF3O4/c23-18-10-9-15(22(24,25)26)13-17(18)20(28)12-8-14-7-11-19(27)16(14)5-3-1-2-4-6-21(29)30/h8-10,12-14,16H,1-7,11H2,(H,29,30). The van der Waals surface area contributed by atoms with Gasteiger partial charge < -0.3 is 5.11 Å². The van der Waals surface area contributed by atoms with E-state index in [-0.39, 0.29) is 34.6 Å². The molecule has 4 nitrogen and oxygen atoms in total. The van der Waals surface area contributed by atoms with E-state index in [1.54, 1.807) is 6.08 Å². The summed E-state index contributed by atoms with van der Waals surface area (Å²) in [5.74, 6) is -1.68. The SMILES string of the molecule is O=C(O)CCCCCCC1C(=O)CCC1C=CC(=O)c1cc(C(F)(F)F)ccc1Cl. The van der Waals surface area contributed by atoms with Gasteiger partial charge in [-0.15, -0.1) is 0 Å². The zero-order valence-electron chi connectivity index (χ0n) is 16.4. The number of hydrogen-bond acceptors (Lipinski definition) is 3. The second-order valence-electron chi connectivity index (χ2n) is 7.54. The smallest absolute Gasteiger partial charge is 0.416 e. The minimum Gasteiger partial charge on any atom is -0.481 e. The van der Waals surface area contributed by atoms with Gasteiger partial charge in [0.05, 0.1) is 10.6 Å². The molecule has 1 aliphatic carbocycles. The summed E-state index contributed by atoms with van der Waals surface area (Å²) >= 11 is 5.91. The van der Waals surface area contributed by atoms with Crippen LogP contribution in [-0.4, -0.2) is 22.6 Å². The number of benzene rings is 1. The van der Waals surface area contributed by atoms with Gasteiger partial charge in [0.2, 0.25) is 0 Å². The van der Waals surface area contributed by atoms with Crippen molar-refractivity contribution in [1.82, 2.24) is 0 Å². The minimum absolute atomic E-state index is 0.0574. The van der Waals surface area contributed by atoms with Crippen molar-refractivity contribution in [1.29, 1.82) is 0 Å². The third kappa shape index (κ3) is 6.97. The molecule has 0 amide bonds. The highest BCUT2D eigenvalue weighted by atomic mass is 35.5. The molecule has 0 bridgehead atoms. The Kier molecular flexibility index (Phi) is 8.65. The molecule has 0 spiro atoms. The molecule has 1 aliphatic rings. The Labute approximate surface area is 178 Å². The summed E-state index contributed by atoms with van der Waals surface area (Å²) in [7, 11) is 0. The van der Waals surface area contributed by atoms with E-state index in [0.29, 0.717) is 25.7 Å². The number of allylic oxidation sites excluding steroid dienone is 2. The zero-order chi connectivity index (χ0) is 22.3. The fourth-order valence-electron chi connectivity index (χ4n) is 3.72. The van der Waals surface area contributed by atoms with Crippen LogP contribution in [0.15, 0.2) is 30.4 Å². The fourth-order valence-corrected chi connectivity index (χ4v) is 3.94. The lowest BCUT2D eigenvalue weighted by Gasteiger charge is -2.15. The van der Waals surface area contributed by atoms with Crippen molar-refractivity contribution in [3.63, 3.8) is 0 Å². The number of unbranched alkanes of at least 4 members (excludes halogenated alkanes) is 3. The number of carbonyl (C=O) groups is 3. The van der Waals surface area contributed by atoms with E-state index in [0.717, 1.165) is 37.5 Å². The molecule has 1 fully saturated rings. The van der Waals surface area contributed by atoms with Crippen molar-refractivity contribution >= 4 is 29.1 Å². The Balaban J connectivity index is 1.96. The molecule has 0 radical (unpaired) electrons. The van der Waals surface area contributed by atoms with Crippen molar-refractivity contribution < 1.29 is 32.7 Å². The molecule has 164 valence electrons. The number of ketones is 2. The first-order chi connectivity index (χ1) is 14.1. The van der Waals surface area contributed by atoms with E-state index in [4.69, 9.17) is 16.7 Å². The molecule has 2 atom stereocenters. The molecule has 8 heteroatoms. The monoisotopic (exact) mass is 444 g/mol. The number of Topliss-reactive ketones (excluding diaryl/α,β-unsaturated/α-hetero) is 1. The van der Waals surface area contributed by atoms with Crippen LogP contribution in [0, 0.1) is 11.8 Å². The summed E-state index contributed by atoms with van der Waals surface area (Å²) in [6.07, 6.45) is 3.04. The second kappa shape index (κ2) is 10.8. The van der Waals surface area contributed by atoms with Crippen LogP contribution in [-0.2, 0) is 15.8 Å². The van der Waals surface area contributed by atoms with Crippen LogP contribution < -0.4 is 0 Å². The van der Waals surface area contributed by atoms with Crippen LogP contribution >= 0.6 is 11.6 Å². The number of alkyl halides is 3. The summed E-state index contributed by atoms with van der Waals surface area (Å²) in [4.78, 5) is 35.1. The third-order valence-electron chi connectivity index (χ3n) is 5.36. The molecule has 1 N–H and O–H groups in total. The lowest BCUT2D eigenvalue weighted by atomic mass is 9.89. The van der Waals surface area contributed by atoms with Gasteiger partial charge in [-0.05, 0) is 49.5 Å². The third-order valence-corrected chi connectivity index (χ3v) is 5.69. The van der Waals surface area contributed by atoms with Crippen LogP contribution in [0.25, 0.3) is 0 Å². The van der Waals surface area contributed by atoms with E-state index in [1.165, 1.54) is 6.08 Å². The number of hydrogen-bond donors (Lipinski definition) is 1. The summed E-state index contributed by atoms with van der Waals surface area (Å²) in [5, 5.41) is 8.57. The highest BCUT2D eigenvalue weighted by Crippen LogP contribution is 2.35. The summed E-state index contributed by atoms with van der Waals surface area (Å²) in [6, 6.07) is 2.62. The van der Waals surface area contributed by atoms with Gasteiger partial charge in [0.25, 0.3) is 0 Å². The highest BCUT2D eigenvalue weighted by molar-refractivity contribution is 6.34. The van der Waals surface area contributed by atoms with Crippen LogP contribution in [0.3, 0.4) is 0 Å². The average molecular weight is 445 g/mol. The van der Waals surface area contributed by atoms with Crippen molar-refractivity contribution in [2.75, 3.05) is 0 Å². The van der Waals surface area contributed by atoms with Crippen LogP contribution in [0.1, 0.15) is 67.3 Å². The number of carbonyl (C=O) groups excluding carboxylic acids is 2. The Morgan fingerprint density at radius 3 is 2.53 bits per heavy atom. The number of aliphatic carboxylic acids is 1. The Morgan fingerprint density at radius 1 is 1.17 bits per heavy atom. The maximum absolute atomic E-state index is 12.9. The van der Waals surface area contributed by atoms with Crippen LogP contribution in [0.2, 0.25) is 5.02 Å². The van der Waals surface area contributed by atoms with Gasteiger partial charge in [-0.25, -0.2) is 0 Å². The van der Waals surface area contributed by atoms with E-state index in [9.17, 15) is 27.6 Å². The molecule has 0 aliphatic heterocycles. The van der Waals surface area contributed by atoms with Crippen molar-refractivity contribution in [2.45, 2.75) is 57.5 Å². The molecular weight excluding hydrogens is 421 g/mol. The Bertz CT molecular complexity index is 817. The quantitative estimate of drug-likeness (QED) is 0.268. The molecule has 2 unspecified atom stereocenters. The van der Waals surface area contributed by atoms with E-state index >= 15 is 0 Å². The average Bonchev–Trinajstić information content (AvgIpc) is 3.01. The van der Waals surface area contributed by atoms with Gasteiger partial charge in [-0.3, -0.25) is 14.4 Å². The first-order valence-electron chi connectivity index (χ1n) is 9.93. The molecule has 1 aromatic carbocycles. The van der Waals surface area contributed by atoms with Crippen molar-refractivity contribution in [3.05, 3.63) is 46.5 Å². The Hall–Kier alpha value is -2.15. The summed E-state index contributed by atoms with van der Waals surface area (Å²) in [5.41, 5.74) is -1.16. The van der Waals surface area contributed by atoms with Crippen molar-refractivity contribution in [3.8, 4) is 0 Å². The van der Waals surface area contributed by atoms with Gasteiger partial charge in [-0.2, -0.15) is 13.2 Å². The fraction of sp³-hybridized carbons (Fsp3) is 0.500. The number of carboxylic acids is 1. The molecule has 2 rings (SSSR count). The predicted molar refractivity (Wildman–Crippen MR) is 106 cm³/mol. The minimum atomic E-state index is -4.57.